The summed E-state index contributed by atoms with van der Waals surface area (Å²) >= 11 is 5.67. The first kappa shape index (κ1) is 16.4. The molecule has 0 unspecified atom stereocenters. The van der Waals surface area contributed by atoms with E-state index in [-0.39, 0.29) is 0 Å². The SMILES string of the molecule is C[C@@H](Cl)OP(=O)(OC(C)(C)C)OC(C)(C)C. The summed E-state index contributed by atoms with van der Waals surface area (Å²) in [5, 5.41) is 0. The lowest BCUT2D eigenvalue weighted by Gasteiger charge is -2.31. The van der Waals surface area contributed by atoms with Gasteiger partial charge in [-0.15, -0.1) is 0 Å². The maximum atomic E-state index is 12.3. The van der Waals surface area contributed by atoms with Gasteiger partial charge in [0.25, 0.3) is 0 Å². The minimum Gasteiger partial charge on any atom is -0.281 e. The van der Waals surface area contributed by atoms with Gasteiger partial charge >= 0.3 is 7.82 Å². The van der Waals surface area contributed by atoms with Crippen LogP contribution in [-0.4, -0.2) is 16.8 Å². The van der Waals surface area contributed by atoms with Crippen molar-refractivity contribution in [2.45, 2.75) is 65.2 Å². The minimum atomic E-state index is -3.65. The molecule has 0 aromatic carbocycles. The second kappa shape index (κ2) is 5.36. The van der Waals surface area contributed by atoms with Crippen LogP contribution in [-0.2, 0) is 18.1 Å². The Morgan fingerprint density at radius 1 is 1.00 bits per heavy atom. The van der Waals surface area contributed by atoms with Gasteiger partial charge in [0.1, 0.15) is 5.56 Å². The van der Waals surface area contributed by atoms with E-state index in [2.05, 4.69) is 0 Å². The summed E-state index contributed by atoms with van der Waals surface area (Å²) in [6.07, 6.45) is 0. The van der Waals surface area contributed by atoms with E-state index in [0.29, 0.717) is 0 Å². The fraction of sp³-hybridized carbons (Fsp3) is 1.00. The quantitative estimate of drug-likeness (QED) is 0.564. The second-order valence-electron chi connectivity index (χ2n) is 5.50. The van der Waals surface area contributed by atoms with E-state index in [9.17, 15) is 4.57 Å². The largest absolute Gasteiger partial charge is 0.477 e. The highest BCUT2D eigenvalue weighted by molar-refractivity contribution is 7.48. The van der Waals surface area contributed by atoms with Gasteiger partial charge in [-0.1, -0.05) is 11.6 Å². The number of alkyl halides is 1. The molecular weight excluding hydrogens is 251 g/mol. The van der Waals surface area contributed by atoms with Crippen molar-refractivity contribution in [2.24, 2.45) is 0 Å². The highest BCUT2D eigenvalue weighted by atomic mass is 35.5. The Morgan fingerprint density at radius 3 is 1.50 bits per heavy atom. The predicted molar refractivity (Wildman–Crippen MR) is 65.7 cm³/mol. The number of phosphoric ester groups is 1. The van der Waals surface area contributed by atoms with Crippen LogP contribution in [0.4, 0.5) is 0 Å². The number of rotatable bonds is 4. The zero-order chi connectivity index (χ0) is 13.2. The third-order valence-electron chi connectivity index (χ3n) is 1.05. The Balaban J connectivity index is 4.83. The molecule has 98 valence electrons. The van der Waals surface area contributed by atoms with Gasteiger partial charge in [-0.3, -0.25) is 13.6 Å². The fourth-order valence-corrected chi connectivity index (χ4v) is 3.02. The Hall–Kier alpha value is 0.400. The van der Waals surface area contributed by atoms with Crippen LogP contribution >= 0.6 is 19.4 Å². The van der Waals surface area contributed by atoms with Crippen molar-refractivity contribution in [1.29, 1.82) is 0 Å². The number of halogens is 1. The highest BCUT2D eigenvalue weighted by Gasteiger charge is 2.38. The molecule has 0 saturated heterocycles. The van der Waals surface area contributed by atoms with Crippen LogP contribution in [0, 0.1) is 0 Å². The maximum absolute atomic E-state index is 12.3. The third kappa shape index (κ3) is 8.54. The monoisotopic (exact) mass is 272 g/mol. The van der Waals surface area contributed by atoms with Crippen molar-refractivity contribution in [3.05, 3.63) is 0 Å². The van der Waals surface area contributed by atoms with Crippen LogP contribution in [0.3, 0.4) is 0 Å². The van der Waals surface area contributed by atoms with Crippen molar-refractivity contribution in [3.8, 4) is 0 Å². The molecule has 0 aliphatic heterocycles. The van der Waals surface area contributed by atoms with Crippen molar-refractivity contribution in [3.63, 3.8) is 0 Å². The van der Waals surface area contributed by atoms with Crippen LogP contribution in [0.1, 0.15) is 48.5 Å². The lowest BCUT2D eigenvalue weighted by Crippen LogP contribution is -2.25. The molecule has 0 rings (SSSR count). The first-order valence-corrected chi connectivity index (χ1v) is 7.07. The molecule has 16 heavy (non-hydrogen) atoms. The van der Waals surface area contributed by atoms with Gasteiger partial charge in [-0.2, -0.15) is 0 Å². The molecule has 0 N–H and O–H groups in total. The Bertz CT molecular complexity index is 245. The molecule has 0 radical (unpaired) electrons. The Kier molecular flexibility index (Phi) is 5.50. The van der Waals surface area contributed by atoms with Gasteiger partial charge in [-0.25, -0.2) is 4.57 Å². The van der Waals surface area contributed by atoms with E-state index < -0.39 is 24.6 Å². The zero-order valence-corrected chi connectivity index (χ0v) is 12.7. The van der Waals surface area contributed by atoms with Crippen LogP contribution < -0.4 is 0 Å². The first-order chi connectivity index (χ1) is 6.83. The molecule has 0 aromatic heterocycles. The average Bonchev–Trinajstić information content (AvgIpc) is 1.69. The zero-order valence-electron chi connectivity index (χ0n) is 11.0. The van der Waals surface area contributed by atoms with Gasteiger partial charge in [0, 0.05) is 0 Å². The second-order valence-corrected chi connectivity index (χ2v) is 7.59. The number of hydrogen-bond acceptors (Lipinski definition) is 4. The summed E-state index contributed by atoms with van der Waals surface area (Å²) < 4.78 is 28.0. The lowest BCUT2D eigenvalue weighted by molar-refractivity contribution is 0.000950. The van der Waals surface area contributed by atoms with Gasteiger partial charge < -0.3 is 0 Å². The van der Waals surface area contributed by atoms with Crippen molar-refractivity contribution >= 4 is 19.4 Å². The summed E-state index contributed by atoms with van der Waals surface area (Å²) in [5.41, 5.74) is -2.01. The molecule has 0 aliphatic carbocycles. The van der Waals surface area contributed by atoms with E-state index in [0.717, 1.165) is 0 Å². The number of hydrogen-bond donors (Lipinski definition) is 0. The molecule has 0 bridgehead atoms. The predicted octanol–water partition coefficient (Wildman–Crippen LogP) is 4.33. The van der Waals surface area contributed by atoms with E-state index in [1.54, 1.807) is 48.5 Å². The molecular formula is C10H22ClO4P. The third-order valence-corrected chi connectivity index (χ3v) is 3.38. The molecule has 0 fully saturated rings. The topological polar surface area (TPSA) is 44.8 Å². The van der Waals surface area contributed by atoms with E-state index in [4.69, 9.17) is 25.2 Å². The van der Waals surface area contributed by atoms with Crippen molar-refractivity contribution in [2.75, 3.05) is 0 Å². The maximum Gasteiger partial charge on any atom is 0.477 e. The van der Waals surface area contributed by atoms with Gasteiger partial charge in [-0.05, 0) is 48.5 Å². The minimum absolute atomic E-state index is 0.632. The molecule has 6 heteroatoms. The molecule has 0 saturated carbocycles. The van der Waals surface area contributed by atoms with Gasteiger partial charge in [0.15, 0.2) is 0 Å². The van der Waals surface area contributed by atoms with Crippen molar-refractivity contribution < 1.29 is 18.1 Å². The summed E-state index contributed by atoms with van der Waals surface area (Å²) in [6, 6.07) is 0. The molecule has 1 atom stereocenters. The highest BCUT2D eigenvalue weighted by Crippen LogP contribution is 2.56. The summed E-state index contributed by atoms with van der Waals surface area (Å²) in [6.45, 7) is 12.2. The van der Waals surface area contributed by atoms with E-state index in [1.807, 2.05) is 0 Å². The van der Waals surface area contributed by atoms with Gasteiger partial charge in [0.2, 0.25) is 0 Å². The van der Waals surface area contributed by atoms with E-state index in [1.165, 1.54) is 0 Å². The first-order valence-electron chi connectivity index (χ1n) is 5.17. The Labute approximate surface area is 103 Å². The summed E-state index contributed by atoms with van der Waals surface area (Å²) in [4.78, 5) is 0. The molecule has 0 spiro atoms. The van der Waals surface area contributed by atoms with Crippen LogP contribution in [0.2, 0.25) is 0 Å². The van der Waals surface area contributed by atoms with Crippen LogP contribution in [0.15, 0.2) is 0 Å². The lowest BCUT2D eigenvalue weighted by atomic mass is 10.2. The van der Waals surface area contributed by atoms with Crippen LogP contribution in [0.25, 0.3) is 0 Å². The smallest absolute Gasteiger partial charge is 0.281 e. The molecule has 0 heterocycles. The number of phosphoric acid groups is 1. The standard InChI is InChI=1S/C10H22ClO4P/c1-8(11)13-16(12,14-9(2,3)4)15-10(5,6)7/h8H,1-7H3/t8-/m0/s1. The Morgan fingerprint density at radius 2 is 1.31 bits per heavy atom. The van der Waals surface area contributed by atoms with Gasteiger partial charge in [0.05, 0.1) is 11.2 Å². The van der Waals surface area contributed by atoms with Crippen LogP contribution in [0.5, 0.6) is 0 Å². The molecule has 0 aromatic rings. The normalized spacial score (nSPS) is 16.2. The molecule has 0 amide bonds. The summed E-state index contributed by atoms with van der Waals surface area (Å²) in [7, 11) is -3.65. The van der Waals surface area contributed by atoms with Crippen molar-refractivity contribution in [1.82, 2.24) is 0 Å². The fourth-order valence-electron chi connectivity index (χ4n) is 0.910. The average molecular weight is 273 g/mol. The summed E-state index contributed by atoms with van der Waals surface area (Å²) in [5.74, 6) is 0. The van der Waals surface area contributed by atoms with E-state index >= 15 is 0 Å². The molecule has 4 nitrogen and oxygen atoms in total. The molecule has 0 aliphatic rings.